The van der Waals surface area contributed by atoms with Crippen LogP contribution in [-0.2, 0) is 0 Å². The molecule has 0 radical (unpaired) electrons. The fourth-order valence-corrected chi connectivity index (χ4v) is 7.48. The average molecular weight is 624 g/mol. The number of para-hydroxylation sites is 2. The molecule has 3 heteroatoms. The molecule has 0 unspecified atom stereocenters. The molecular formula is C46H29N3. The van der Waals surface area contributed by atoms with E-state index in [2.05, 4.69) is 174 Å². The number of hydrogen-bond donors (Lipinski definition) is 0. The Balaban J connectivity index is 1.02. The largest absolute Gasteiger partial charge is 0.309 e. The van der Waals surface area contributed by atoms with Crippen molar-refractivity contribution >= 4 is 54.4 Å². The van der Waals surface area contributed by atoms with Crippen LogP contribution in [0.3, 0.4) is 0 Å². The normalized spacial score (nSPS) is 11.7. The molecule has 0 aliphatic rings. The van der Waals surface area contributed by atoms with Crippen molar-refractivity contribution in [1.29, 1.82) is 0 Å². The zero-order valence-electron chi connectivity index (χ0n) is 26.6. The molecule has 3 nitrogen and oxygen atoms in total. The van der Waals surface area contributed by atoms with Crippen LogP contribution in [0.2, 0.25) is 0 Å². The van der Waals surface area contributed by atoms with Crippen molar-refractivity contribution in [2.24, 2.45) is 0 Å². The van der Waals surface area contributed by atoms with E-state index in [9.17, 15) is 0 Å². The maximum Gasteiger partial charge on any atom is 0.0979 e. The number of aromatic nitrogens is 3. The van der Waals surface area contributed by atoms with Crippen molar-refractivity contribution in [3.05, 3.63) is 176 Å². The lowest BCUT2D eigenvalue weighted by Gasteiger charge is -2.11. The molecule has 0 saturated heterocycles. The maximum atomic E-state index is 5.22. The first kappa shape index (κ1) is 27.5. The van der Waals surface area contributed by atoms with Gasteiger partial charge >= 0.3 is 0 Å². The molecule has 228 valence electrons. The van der Waals surface area contributed by atoms with Crippen LogP contribution in [0.25, 0.3) is 93.6 Å². The molecule has 0 atom stereocenters. The number of nitrogens with zero attached hydrogens (tertiary/aromatic N) is 3. The van der Waals surface area contributed by atoms with Gasteiger partial charge in [-0.1, -0.05) is 133 Å². The monoisotopic (exact) mass is 623 g/mol. The Kier molecular flexibility index (Phi) is 6.18. The topological polar surface area (TPSA) is 30.7 Å². The average Bonchev–Trinajstić information content (AvgIpc) is 3.52. The summed E-state index contributed by atoms with van der Waals surface area (Å²) in [6, 6.07) is 60.6. The number of fused-ring (bicyclic) bond motifs is 9. The van der Waals surface area contributed by atoms with E-state index in [-0.39, 0.29) is 0 Å². The van der Waals surface area contributed by atoms with Crippen LogP contribution in [0.5, 0.6) is 0 Å². The third-order valence-corrected chi connectivity index (χ3v) is 9.82. The minimum Gasteiger partial charge on any atom is -0.309 e. The van der Waals surface area contributed by atoms with Crippen LogP contribution < -0.4 is 0 Å². The zero-order valence-corrected chi connectivity index (χ0v) is 26.6. The van der Waals surface area contributed by atoms with Crippen molar-refractivity contribution in [2.75, 3.05) is 0 Å². The Labute approximate surface area is 283 Å². The summed E-state index contributed by atoms with van der Waals surface area (Å²) in [7, 11) is 0. The van der Waals surface area contributed by atoms with Gasteiger partial charge in [0.2, 0.25) is 0 Å². The predicted octanol–water partition coefficient (Wildman–Crippen LogP) is 12.0. The van der Waals surface area contributed by atoms with Crippen LogP contribution in [0.4, 0.5) is 0 Å². The third kappa shape index (κ3) is 4.44. The smallest absolute Gasteiger partial charge is 0.0979 e. The highest BCUT2D eigenvalue weighted by Gasteiger charge is 2.14. The van der Waals surface area contributed by atoms with Gasteiger partial charge in [-0.2, -0.15) is 0 Å². The molecule has 8 aromatic carbocycles. The van der Waals surface area contributed by atoms with E-state index < -0.39 is 0 Å². The summed E-state index contributed by atoms with van der Waals surface area (Å²) in [4.78, 5) is 10.2. The minimum absolute atomic E-state index is 0.870. The first-order chi connectivity index (χ1) is 24.3. The maximum absolute atomic E-state index is 5.22. The van der Waals surface area contributed by atoms with Crippen LogP contribution in [-0.4, -0.2) is 14.5 Å². The van der Waals surface area contributed by atoms with Crippen LogP contribution >= 0.6 is 0 Å². The van der Waals surface area contributed by atoms with Gasteiger partial charge in [-0.15, -0.1) is 0 Å². The summed E-state index contributed by atoms with van der Waals surface area (Å²) >= 11 is 0. The summed E-state index contributed by atoms with van der Waals surface area (Å²) in [5, 5.41) is 7.18. The predicted molar refractivity (Wildman–Crippen MR) is 205 cm³/mol. The highest BCUT2D eigenvalue weighted by molar-refractivity contribution is 6.23. The standard InChI is InChI=1S/C46H29N3/c1-2-13-35(14-3-1)49-43-20-9-8-17-38(43)41-28-33(25-26-44(41)49)31-23-21-30(22-24-31)32-11-10-12-34(27-32)42-29-47-45-39-18-6-4-15-36(39)37-16-5-7-19-40(37)46(45)48-42/h1-29H. The molecule has 0 fully saturated rings. The van der Waals surface area contributed by atoms with Crippen molar-refractivity contribution in [1.82, 2.24) is 14.5 Å². The van der Waals surface area contributed by atoms with E-state index in [0.717, 1.165) is 44.2 Å². The molecule has 0 bridgehead atoms. The summed E-state index contributed by atoms with van der Waals surface area (Å²) in [6.45, 7) is 0. The number of hydrogen-bond acceptors (Lipinski definition) is 2. The van der Waals surface area contributed by atoms with E-state index >= 15 is 0 Å². The molecule has 2 aromatic heterocycles. The van der Waals surface area contributed by atoms with Gasteiger partial charge < -0.3 is 4.57 Å². The molecule has 0 spiro atoms. The van der Waals surface area contributed by atoms with E-state index in [1.165, 1.54) is 49.4 Å². The van der Waals surface area contributed by atoms with E-state index in [1.54, 1.807) is 0 Å². The van der Waals surface area contributed by atoms with Crippen molar-refractivity contribution in [3.63, 3.8) is 0 Å². The molecule has 0 amide bonds. The second kappa shape index (κ2) is 11.0. The SMILES string of the molecule is c1ccc(-n2c3ccccc3c3cc(-c4ccc(-c5cccc(-c6cnc7c8ccccc8c8ccccc8c7n6)c5)cc4)ccc32)cc1. The van der Waals surface area contributed by atoms with Gasteiger partial charge in [-0.25, -0.2) is 4.98 Å². The zero-order chi connectivity index (χ0) is 32.3. The molecule has 0 saturated carbocycles. The Hall–Kier alpha value is -6.58. The van der Waals surface area contributed by atoms with Crippen molar-refractivity contribution in [3.8, 4) is 39.2 Å². The Bertz CT molecular complexity index is 2830. The molecule has 2 heterocycles. The fourth-order valence-electron chi connectivity index (χ4n) is 7.48. The lowest BCUT2D eigenvalue weighted by molar-refractivity contribution is 1.18. The van der Waals surface area contributed by atoms with E-state index in [0.29, 0.717) is 0 Å². The molecule has 0 aliphatic heterocycles. The highest BCUT2D eigenvalue weighted by Crippen LogP contribution is 2.37. The molecule has 10 rings (SSSR count). The minimum atomic E-state index is 0.870. The van der Waals surface area contributed by atoms with Gasteiger partial charge in [0.15, 0.2) is 0 Å². The second-order valence-electron chi connectivity index (χ2n) is 12.6. The molecular weight excluding hydrogens is 595 g/mol. The Morgan fingerprint density at radius 1 is 0.347 bits per heavy atom. The Morgan fingerprint density at radius 3 is 1.63 bits per heavy atom. The number of rotatable bonds is 4. The van der Waals surface area contributed by atoms with Crippen molar-refractivity contribution in [2.45, 2.75) is 0 Å². The van der Waals surface area contributed by atoms with Gasteiger partial charge in [0.25, 0.3) is 0 Å². The van der Waals surface area contributed by atoms with E-state index in [1.807, 2.05) is 6.20 Å². The molecule has 0 N–H and O–H groups in total. The summed E-state index contributed by atoms with van der Waals surface area (Å²) in [5.74, 6) is 0. The van der Waals surface area contributed by atoms with Gasteiger partial charge in [0, 0.05) is 32.8 Å². The van der Waals surface area contributed by atoms with Crippen LogP contribution in [0.1, 0.15) is 0 Å². The molecule has 10 aromatic rings. The Morgan fingerprint density at radius 2 is 0.898 bits per heavy atom. The first-order valence-corrected chi connectivity index (χ1v) is 16.7. The lowest BCUT2D eigenvalue weighted by Crippen LogP contribution is -1.92. The number of benzene rings is 8. The van der Waals surface area contributed by atoms with Crippen LogP contribution in [0.15, 0.2) is 176 Å². The van der Waals surface area contributed by atoms with Crippen LogP contribution in [0, 0.1) is 0 Å². The highest BCUT2D eigenvalue weighted by atomic mass is 15.0. The summed E-state index contributed by atoms with van der Waals surface area (Å²) in [5.41, 5.74) is 12.1. The third-order valence-electron chi connectivity index (χ3n) is 9.82. The molecule has 49 heavy (non-hydrogen) atoms. The first-order valence-electron chi connectivity index (χ1n) is 16.7. The quantitative estimate of drug-likeness (QED) is 0.183. The summed E-state index contributed by atoms with van der Waals surface area (Å²) < 4.78 is 2.36. The molecule has 0 aliphatic carbocycles. The van der Waals surface area contributed by atoms with Crippen molar-refractivity contribution < 1.29 is 0 Å². The van der Waals surface area contributed by atoms with Gasteiger partial charge in [0.05, 0.1) is 34.0 Å². The van der Waals surface area contributed by atoms with Gasteiger partial charge in [-0.05, 0) is 69.4 Å². The van der Waals surface area contributed by atoms with E-state index in [4.69, 9.17) is 9.97 Å². The fraction of sp³-hybridized carbons (Fsp3) is 0. The lowest BCUT2D eigenvalue weighted by atomic mass is 9.97. The summed E-state index contributed by atoms with van der Waals surface area (Å²) in [6.07, 6.45) is 1.91. The van der Waals surface area contributed by atoms with Gasteiger partial charge in [-0.3, -0.25) is 4.98 Å². The van der Waals surface area contributed by atoms with Gasteiger partial charge in [0.1, 0.15) is 0 Å². The second-order valence-corrected chi connectivity index (χ2v) is 12.6.